The van der Waals surface area contributed by atoms with Crippen molar-refractivity contribution in [3.8, 4) is 0 Å². The second-order valence-corrected chi connectivity index (χ2v) is 7.24. The molecule has 0 saturated heterocycles. The molecule has 4 heteroatoms. The highest BCUT2D eigenvalue weighted by molar-refractivity contribution is 5.80. The van der Waals surface area contributed by atoms with Gasteiger partial charge in [-0.1, -0.05) is 48.5 Å². The Balaban J connectivity index is 1.52. The number of fused-ring (bicyclic) bond motifs is 2. The Morgan fingerprint density at radius 3 is 2.38 bits per heavy atom. The van der Waals surface area contributed by atoms with Crippen molar-refractivity contribution in [3.63, 3.8) is 0 Å². The molecule has 4 nitrogen and oxygen atoms in total. The van der Waals surface area contributed by atoms with Crippen LogP contribution in [0.5, 0.6) is 0 Å². The molecular formula is C22H24N2O2. The lowest BCUT2D eigenvalue weighted by Gasteiger charge is -2.36. The summed E-state index contributed by atoms with van der Waals surface area (Å²) in [6.07, 6.45) is 3.12. The Morgan fingerprint density at radius 1 is 1.00 bits per heavy atom. The Bertz CT molecular complexity index is 846. The topological polar surface area (TPSA) is 49.4 Å². The van der Waals surface area contributed by atoms with Crippen LogP contribution in [0.3, 0.4) is 0 Å². The first-order valence-electron chi connectivity index (χ1n) is 9.35. The maximum absolute atomic E-state index is 12.8. The molecule has 0 aromatic heterocycles. The molecule has 0 saturated carbocycles. The van der Waals surface area contributed by atoms with Gasteiger partial charge in [0.1, 0.15) is 0 Å². The monoisotopic (exact) mass is 348 g/mol. The number of carbonyl (C=O) groups is 2. The van der Waals surface area contributed by atoms with Crippen LogP contribution >= 0.6 is 0 Å². The summed E-state index contributed by atoms with van der Waals surface area (Å²) in [6, 6.07) is 16.4. The zero-order valence-corrected chi connectivity index (χ0v) is 15.1. The minimum Gasteiger partial charge on any atom is -0.349 e. The van der Waals surface area contributed by atoms with Crippen LogP contribution < -0.4 is 5.32 Å². The molecule has 134 valence electrons. The van der Waals surface area contributed by atoms with Gasteiger partial charge in [-0.2, -0.15) is 0 Å². The molecule has 0 bridgehead atoms. The summed E-state index contributed by atoms with van der Waals surface area (Å²) in [5.41, 5.74) is 4.91. The van der Waals surface area contributed by atoms with Crippen LogP contribution in [0.1, 0.15) is 54.1 Å². The van der Waals surface area contributed by atoms with Gasteiger partial charge in [-0.25, -0.2) is 0 Å². The van der Waals surface area contributed by atoms with E-state index < -0.39 is 0 Å². The van der Waals surface area contributed by atoms with E-state index in [1.807, 2.05) is 35.2 Å². The molecule has 2 aliphatic rings. The number of hydrogen-bond donors (Lipinski definition) is 1. The Kier molecular flexibility index (Phi) is 4.49. The third-order valence-electron chi connectivity index (χ3n) is 5.66. The number of nitrogens with one attached hydrogen (secondary N) is 1. The van der Waals surface area contributed by atoms with Crippen LogP contribution in [0.25, 0.3) is 0 Å². The van der Waals surface area contributed by atoms with E-state index in [0.717, 1.165) is 24.8 Å². The van der Waals surface area contributed by atoms with Crippen molar-refractivity contribution in [2.45, 2.75) is 44.7 Å². The summed E-state index contributed by atoms with van der Waals surface area (Å²) in [4.78, 5) is 26.7. The molecule has 4 rings (SSSR count). The number of benzene rings is 2. The lowest BCUT2D eigenvalue weighted by Crippen LogP contribution is -2.41. The standard InChI is InChI=1S/C22H24N2O2/c1-15(25)24-13-12-17-7-3-5-9-19(17)21(24)14-22(26)23-20-11-10-16-6-2-4-8-18(16)20/h2-9,20-21H,10-14H2,1H3,(H,23,26)/t20-,21+/m0/s1. The molecular weight excluding hydrogens is 324 g/mol. The van der Waals surface area contributed by atoms with Crippen LogP contribution in [0, 0.1) is 0 Å². The lowest BCUT2D eigenvalue weighted by molar-refractivity contribution is -0.133. The summed E-state index contributed by atoms with van der Waals surface area (Å²) in [7, 11) is 0. The fourth-order valence-corrected chi connectivity index (χ4v) is 4.38. The highest BCUT2D eigenvalue weighted by Crippen LogP contribution is 2.34. The molecule has 1 aliphatic heterocycles. The van der Waals surface area contributed by atoms with Gasteiger partial charge in [-0.15, -0.1) is 0 Å². The quantitative estimate of drug-likeness (QED) is 0.925. The van der Waals surface area contributed by atoms with Crippen molar-refractivity contribution < 1.29 is 9.59 Å². The fraction of sp³-hybridized carbons (Fsp3) is 0.364. The predicted molar refractivity (Wildman–Crippen MR) is 101 cm³/mol. The van der Waals surface area contributed by atoms with Gasteiger partial charge < -0.3 is 10.2 Å². The molecule has 0 fully saturated rings. The average molecular weight is 348 g/mol. The number of amides is 2. The molecule has 0 spiro atoms. The summed E-state index contributed by atoms with van der Waals surface area (Å²) >= 11 is 0. The molecule has 1 N–H and O–H groups in total. The highest BCUT2D eigenvalue weighted by atomic mass is 16.2. The second-order valence-electron chi connectivity index (χ2n) is 7.24. The van der Waals surface area contributed by atoms with E-state index in [9.17, 15) is 9.59 Å². The molecule has 2 atom stereocenters. The first-order chi connectivity index (χ1) is 12.6. The van der Waals surface area contributed by atoms with Gasteiger partial charge in [0.25, 0.3) is 0 Å². The van der Waals surface area contributed by atoms with Crippen molar-refractivity contribution >= 4 is 11.8 Å². The number of carbonyl (C=O) groups excluding carboxylic acids is 2. The van der Waals surface area contributed by atoms with Crippen LogP contribution in [-0.4, -0.2) is 23.3 Å². The van der Waals surface area contributed by atoms with Crippen LogP contribution in [0.15, 0.2) is 48.5 Å². The van der Waals surface area contributed by atoms with Crippen molar-refractivity contribution in [2.24, 2.45) is 0 Å². The zero-order chi connectivity index (χ0) is 18.1. The Labute approximate surface area is 154 Å². The predicted octanol–water partition coefficient (Wildman–Crippen LogP) is 3.33. The van der Waals surface area contributed by atoms with Gasteiger partial charge in [0, 0.05) is 13.5 Å². The maximum atomic E-state index is 12.8. The molecule has 1 heterocycles. The number of nitrogens with zero attached hydrogens (tertiary/aromatic N) is 1. The fourth-order valence-electron chi connectivity index (χ4n) is 4.38. The van der Waals surface area contributed by atoms with Crippen molar-refractivity contribution in [1.29, 1.82) is 0 Å². The van der Waals surface area contributed by atoms with E-state index in [1.54, 1.807) is 6.92 Å². The van der Waals surface area contributed by atoms with E-state index in [4.69, 9.17) is 0 Å². The van der Waals surface area contributed by atoms with Crippen molar-refractivity contribution in [3.05, 3.63) is 70.8 Å². The zero-order valence-electron chi connectivity index (χ0n) is 15.1. The molecule has 2 aromatic carbocycles. The minimum absolute atomic E-state index is 0.0136. The van der Waals surface area contributed by atoms with E-state index in [2.05, 4.69) is 23.5 Å². The molecule has 0 unspecified atom stereocenters. The van der Waals surface area contributed by atoms with Crippen LogP contribution in [-0.2, 0) is 22.4 Å². The molecule has 2 aromatic rings. The third kappa shape index (κ3) is 3.12. The SMILES string of the molecule is CC(=O)N1CCc2ccccc2[C@H]1CC(=O)N[C@H]1CCc2ccccc21. The lowest BCUT2D eigenvalue weighted by atomic mass is 9.90. The number of aryl methyl sites for hydroxylation is 1. The van der Waals surface area contributed by atoms with Gasteiger partial charge in [-0.3, -0.25) is 9.59 Å². The second kappa shape index (κ2) is 6.94. The van der Waals surface area contributed by atoms with E-state index in [-0.39, 0.29) is 23.9 Å². The van der Waals surface area contributed by atoms with E-state index in [0.29, 0.717) is 13.0 Å². The van der Waals surface area contributed by atoms with Crippen molar-refractivity contribution in [1.82, 2.24) is 10.2 Å². The minimum atomic E-state index is -0.172. The van der Waals surface area contributed by atoms with Gasteiger partial charge in [-0.05, 0) is 41.5 Å². The maximum Gasteiger partial charge on any atom is 0.222 e. The first kappa shape index (κ1) is 16.8. The smallest absolute Gasteiger partial charge is 0.222 e. The van der Waals surface area contributed by atoms with Crippen LogP contribution in [0.2, 0.25) is 0 Å². The van der Waals surface area contributed by atoms with Gasteiger partial charge in [0.05, 0.1) is 18.5 Å². The Morgan fingerprint density at radius 2 is 1.65 bits per heavy atom. The van der Waals surface area contributed by atoms with Crippen LogP contribution in [0.4, 0.5) is 0 Å². The number of rotatable bonds is 3. The van der Waals surface area contributed by atoms with E-state index >= 15 is 0 Å². The normalized spacial score (nSPS) is 21.0. The molecule has 0 radical (unpaired) electrons. The van der Waals surface area contributed by atoms with E-state index in [1.165, 1.54) is 16.7 Å². The molecule has 2 amide bonds. The largest absolute Gasteiger partial charge is 0.349 e. The van der Waals surface area contributed by atoms with Gasteiger partial charge in [0.15, 0.2) is 0 Å². The summed E-state index contributed by atoms with van der Waals surface area (Å²) < 4.78 is 0. The summed E-state index contributed by atoms with van der Waals surface area (Å²) in [5, 5.41) is 3.20. The van der Waals surface area contributed by atoms with Gasteiger partial charge in [0.2, 0.25) is 11.8 Å². The van der Waals surface area contributed by atoms with Gasteiger partial charge >= 0.3 is 0 Å². The summed E-state index contributed by atoms with van der Waals surface area (Å²) in [5.74, 6) is 0.0446. The Hall–Kier alpha value is -2.62. The number of hydrogen-bond acceptors (Lipinski definition) is 2. The molecule has 1 aliphatic carbocycles. The third-order valence-corrected chi connectivity index (χ3v) is 5.66. The summed E-state index contributed by atoms with van der Waals surface area (Å²) in [6.45, 7) is 2.27. The average Bonchev–Trinajstić information content (AvgIpc) is 3.04. The highest BCUT2D eigenvalue weighted by Gasteiger charge is 2.32. The first-order valence-corrected chi connectivity index (χ1v) is 9.35. The molecule has 26 heavy (non-hydrogen) atoms. The van der Waals surface area contributed by atoms with Crippen molar-refractivity contribution in [2.75, 3.05) is 6.54 Å².